The van der Waals surface area contributed by atoms with Crippen molar-refractivity contribution in [3.05, 3.63) is 18.3 Å². The summed E-state index contributed by atoms with van der Waals surface area (Å²) in [7, 11) is 1.54. The van der Waals surface area contributed by atoms with Gasteiger partial charge in [0.1, 0.15) is 12.0 Å². The van der Waals surface area contributed by atoms with Gasteiger partial charge in [-0.05, 0) is 12.8 Å². The molecule has 0 fully saturated rings. The summed E-state index contributed by atoms with van der Waals surface area (Å²) in [6, 6.07) is 1.66. The van der Waals surface area contributed by atoms with E-state index in [2.05, 4.69) is 34.0 Å². The van der Waals surface area contributed by atoms with Gasteiger partial charge in [-0.25, -0.2) is 9.97 Å². The van der Waals surface area contributed by atoms with Gasteiger partial charge in [-0.15, -0.1) is 0 Å². The Kier molecular flexibility index (Phi) is 4.29. The number of methoxy groups -OCH3 is 1. The molecule has 7 nitrogen and oxygen atoms in total. The summed E-state index contributed by atoms with van der Waals surface area (Å²) < 4.78 is 10.4. The molecule has 2 rings (SSSR count). The molecule has 0 aliphatic heterocycles. The van der Waals surface area contributed by atoms with Gasteiger partial charge in [0.25, 0.3) is 0 Å². The number of nitrogens with two attached hydrogens (primary N) is 1. The minimum atomic E-state index is -0.275. The first-order valence-corrected chi connectivity index (χ1v) is 6.59. The van der Waals surface area contributed by atoms with Crippen LogP contribution in [0.5, 0.6) is 5.88 Å². The topological polar surface area (TPSA) is 100.0 Å². The molecular weight excluding hydrogens is 258 g/mol. The summed E-state index contributed by atoms with van der Waals surface area (Å²) in [5.41, 5.74) is 6.17. The number of hydrogen-bond donors (Lipinski definition) is 1. The molecular formula is C13H19N5O2. The highest BCUT2D eigenvalue weighted by molar-refractivity contribution is 5.49. The van der Waals surface area contributed by atoms with E-state index in [0.29, 0.717) is 29.8 Å². The van der Waals surface area contributed by atoms with Crippen LogP contribution in [-0.4, -0.2) is 33.8 Å². The van der Waals surface area contributed by atoms with Crippen molar-refractivity contribution < 1.29 is 9.26 Å². The smallest absolute Gasteiger partial charge is 0.234 e. The Morgan fingerprint density at radius 2 is 2.05 bits per heavy atom. The second kappa shape index (κ2) is 5.96. The lowest BCUT2D eigenvalue weighted by atomic mass is 9.82. The average Bonchev–Trinajstić information content (AvgIpc) is 3.00. The van der Waals surface area contributed by atoms with E-state index in [4.69, 9.17) is 15.0 Å². The Bertz CT molecular complexity index is 557. The molecule has 0 amide bonds. The molecule has 108 valence electrons. The van der Waals surface area contributed by atoms with Gasteiger partial charge >= 0.3 is 0 Å². The van der Waals surface area contributed by atoms with Crippen LogP contribution in [0.15, 0.2) is 16.9 Å². The molecule has 0 aromatic carbocycles. The maximum absolute atomic E-state index is 5.88. The first kappa shape index (κ1) is 14.4. The molecule has 2 aromatic heterocycles. The molecule has 0 atom stereocenters. The minimum absolute atomic E-state index is 0.275. The van der Waals surface area contributed by atoms with Crippen molar-refractivity contribution in [2.45, 2.75) is 32.1 Å². The summed E-state index contributed by atoms with van der Waals surface area (Å²) in [5.74, 6) is 1.43. The van der Waals surface area contributed by atoms with Crippen molar-refractivity contribution in [1.29, 1.82) is 0 Å². The quantitative estimate of drug-likeness (QED) is 0.854. The van der Waals surface area contributed by atoms with Crippen molar-refractivity contribution >= 4 is 0 Å². The zero-order chi connectivity index (χ0) is 14.6. The Balaban J connectivity index is 2.37. The molecule has 7 heteroatoms. The monoisotopic (exact) mass is 277 g/mol. The van der Waals surface area contributed by atoms with Crippen LogP contribution in [0.3, 0.4) is 0 Å². The number of rotatable bonds is 6. The number of hydrogen-bond acceptors (Lipinski definition) is 7. The van der Waals surface area contributed by atoms with Crippen molar-refractivity contribution in [3.8, 4) is 17.4 Å². The van der Waals surface area contributed by atoms with Crippen LogP contribution in [0.1, 0.15) is 32.6 Å². The maximum Gasteiger partial charge on any atom is 0.234 e. The molecule has 0 spiro atoms. The molecule has 2 aromatic rings. The lowest BCUT2D eigenvalue weighted by molar-refractivity contribution is 0.267. The normalized spacial score (nSPS) is 11.6. The summed E-state index contributed by atoms with van der Waals surface area (Å²) in [4.78, 5) is 12.5. The minimum Gasteiger partial charge on any atom is -0.481 e. The summed E-state index contributed by atoms with van der Waals surface area (Å²) in [5, 5.41) is 3.98. The molecule has 2 N–H and O–H groups in total. The largest absolute Gasteiger partial charge is 0.481 e. The fourth-order valence-corrected chi connectivity index (χ4v) is 2.04. The number of aromatic nitrogens is 4. The van der Waals surface area contributed by atoms with Crippen molar-refractivity contribution in [3.63, 3.8) is 0 Å². The molecule has 0 aliphatic rings. The summed E-state index contributed by atoms with van der Waals surface area (Å²) >= 11 is 0. The highest BCUT2D eigenvalue weighted by Crippen LogP contribution is 2.30. The third kappa shape index (κ3) is 2.49. The average molecular weight is 277 g/mol. The van der Waals surface area contributed by atoms with E-state index in [0.717, 1.165) is 12.8 Å². The van der Waals surface area contributed by atoms with Crippen LogP contribution in [-0.2, 0) is 5.41 Å². The van der Waals surface area contributed by atoms with Crippen molar-refractivity contribution in [1.82, 2.24) is 20.1 Å². The number of ether oxygens (including phenoxy) is 1. The van der Waals surface area contributed by atoms with E-state index in [1.807, 2.05) is 0 Å². The van der Waals surface area contributed by atoms with Crippen LogP contribution in [0.4, 0.5) is 0 Å². The van der Waals surface area contributed by atoms with Gasteiger partial charge in [0, 0.05) is 12.6 Å². The molecule has 0 saturated carbocycles. The molecule has 0 unspecified atom stereocenters. The van der Waals surface area contributed by atoms with E-state index < -0.39 is 0 Å². The van der Waals surface area contributed by atoms with E-state index in [-0.39, 0.29) is 5.41 Å². The molecule has 20 heavy (non-hydrogen) atoms. The molecule has 0 saturated heterocycles. The Morgan fingerprint density at radius 3 is 2.65 bits per heavy atom. The second-order valence-corrected chi connectivity index (χ2v) is 4.56. The van der Waals surface area contributed by atoms with Crippen LogP contribution < -0.4 is 10.5 Å². The lowest BCUT2D eigenvalue weighted by Crippen LogP contribution is -2.34. The van der Waals surface area contributed by atoms with Crippen LogP contribution >= 0.6 is 0 Å². The van der Waals surface area contributed by atoms with Gasteiger partial charge in [0.05, 0.1) is 12.5 Å². The number of nitrogens with zero attached hydrogens (tertiary/aromatic N) is 4. The first-order valence-electron chi connectivity index (χ1n) is 6.59. The summed E-state index contributed by atoms with van der Waals surface area (Å²) in [6.07, 6.45) is 3.09. The predicted molar refractivity (Wildman–Crippen MR) is 73.2 cm³/mol. The zero-order valence-corrected chi connectivity index (χ0v) is 12.0. The van der Waals surface area contributed by atoms with E-state index in [1.165, 1.54) is 6.33 Å². The maximum atomic E-state index is 5.88. The van der Waals surface area contributed by atoms with Crippen LogP contribution in [0, 0.1) is 0 Å². The molecule has 0 aliphatic carbocycles. The van der Waals surface area contributed by atoms with Crippen LogP contribution in [0.25, 0.3) is 11.5 Å². The first-order chi connectivity index (χ1) is 9.69. The highest BCUT2D eigenvalue weighted by Gasteiger charge is 2.33. The second-order valence-electron chi connectivity index (χ2n) is 4.56. The Hall–Kier alpha value is -2.02. The Morgan fingerprint density at radius 1 is 1.30 bits per heavy atom. The standard InChI is InChI=1S/C13H19N5O2/c1-4-13(5-2,7-14)12-17-11(18-20-12)9-6-10(19-3)16-8-15-9/h6,8H,4-5,7,14H2,1-3H3. The third-order valence-corrected chi connectivity index (χ3v) is 3.70. The van der Waals surface area contributed by atoms with Crippen molar-refractivity contribution in [2.24, 2.45) is 5.73 Å². The highest BCUT2D eigenvalue weighted by atomic mass is 16.5. The van der Waals surface area contributed by atoms with E-state index in [1.54, 1.807) is 13.2 Å². The van der Waals surface area contributed by atoms with Crippen molar-refractivity contribution in [2.75, 3.05) is 13.7 Å². The van der Waals surface area contributed by atoms with Crippen LogP contribution in [0.2, 0.25) is 0 Å². The van der Waals surface area contributed by atoms with Gasteiger partial charge in [-0.1, -0.05) is 19.0 Å². The zero-order valence-electron chi connectivity index (χ0n) is 12.0. The summed E-state index contributed by atoms with van der Waals surface area (Å²) in [6.45, 7) is 4.59. The fourth-order valence-electron chi connectivity index (χ4n) is 2.04. The molecule has 0 radical (unpaired) electrons. The third-order valence-electron chi connectivity index (χ3n) is 3.70. The lowest BCUT2D eigenvalue weighted by Gasteiger charge is -2.24. The fraction of sp³-hybridized carbons (Fsp3) is 0.538. The van der Waals surface area contributed by atoms with Gasteiger partial charge < -0.3 is 15.0 Å². The van der Waals surface area contributed by atoms with Gasteiger partial charge in [0.15, 0.2) is 0 Å². The predicted octanol–water partition coefficient (Wildman–Crippen LogP) is 1.55. The van der Waals surface area contributed by atoms with Gasteiger partial charge in [-0.3, -0.25) is 0 Å². The molecule has 0 bridgehead atoms. The van der Waals surface area contributed by atoms with E-state index in [9.17, 15) is 0 Å². The Labute approximate surface area is 117 Å². The van der Waals surface area contributed by atoms with Gasteiger partial charge in [0.2, 0.25) is 17.6 Å². The SMILES string of the molecule is CCC(CC)(CN)c1nc(-c2cc(OC)ncn2)no1. The van der Waals surface area contributed by atoms with Gasteiger partial charge in [-0.2, -0.15) is 4.98 Å². The van der Waals surface area contributed by atoms with E-state index >= 15 is 0 Å². The molecule has 2 heterocycles.